The van der Waals surface area contributed by atoms with Crippen LogP contribution < -0.4 is 5.32 Å². The average Bonchev–Trinajstić information content (AvgIpc) is 3.19. The smallest absolute Gasteiger partial charge is 0.277 e. The average molecular weight is 343 g/mol. The van der Waals surface area contributed by atoms with E-state index in [0.29, 0.717) is 17.7 Å². The van der Waals surface area contributed by atoms with E-state index in [1.54, 1.807) is 13.1 Å². The van der Waals surface area contributed by atoms with Gasteiger partial charge in [0.2, 0.25) is 11.8 Å². The Balaban J connectivity index is 1.60. The van der Waals surface area contributed by atoms with Gasteiger partial charge in [0, 0.05) is 25.9 Å². The van der Waals surface area contributed by atoms with Gasteiger partial charge >= 0.3 is 0 Å². The molecule has 3 rings (SSSR count). The van der Waals surface area contributed by atoms with Gasteiger partial charge in [0.1, 0.15) is 5.82 Å². The zero-order valence-electron chi connectivity index (χ0n) is 13.4. The van der Waals surface area contributed by atoms with E-state index in [4.69, 9.17) is 4.42 Å². The number of rotatable bonds is 6. The summed E-state index contributed by atoms with van der Waals surface area (Å²) in [6, 6.07) is 7.91. The highest BCUT2D eigenvalue weighted by Gasteiger charge is 2.10. The van der Waals surface area contributed by atoms with E-state index in [1.807, 2.05) is 42.0 Å². The van der Waals surface area contributed by atoms with Crippen LogP contribution in [0.1, 0.15) is 17.3 Å². The normalized spacial score (nSPS) is 10.8. The monoisotopic (exact) mass is 343 g/mol. The van der Waals surface area contributed by atoms with Crippen LogP contribution >= 0.6 is 11.8 Å². The molecule has 7 nitrogen and oxygen atoms in total. The Bertz CT molecular complexity index is 842. The molecule has 8 heteroatoms. The first-order valence-corrected chi connectivity index (χ1v) is 8.40. The predicted molar refractivity (Wildman–Crippen MR) is 89.9 cm³/mol. The molecule has 2 aromatic heterocycles. The second-order valence-corrected chi connectivity index (χ2v) is 6.05. The molecule has 0 spiro atoms. The van der Waals surface area contributed by atoms with Crippen molar-refractivity contribution in [1.29, 1.82) is 0 Å². The minimum Gasteiger partial charge on any atom is -0.416 e. The number of aromatic nitrogens is 4. The Morgan fingerprint density at radius 1 is 1.29 bits per heavy atom. The lowest BCUT2D eigenvalue weighted by Gasteiger charge is -2.12. The van der Waals surface area contributed by atoms with Crippen LogP contribution in [-0.2, 0) is 11.3 Å². The largest absolute Gasteiger partial charge is 0.416 e. The first kappa shape index (κ1) is 16.3. The van der Waals surface area contributed by atoms with Crippen molar-refractivity contribution in [3.63, 3.8) is 0 Å². The fraction of sp³-hybridized carbons (Fsp3) is 0.250. The Kier molecular flexibility index (Phi) is 4.95. The molecule has 1 N–H and O–H groups in total. The van der Waals surface area contributed by atoms with Crippen LogP contribution in [-0.4, -0.2) is 31.4 Å². The Labute approximate surface area is 143 Å². The van der Waals surface area contributed by atoms with Crippen molar-refractivity contribution in [3.05, 3.63) is 53.9 Å². The summed E-state index contributed by atoms with van der Waals surface area (Å²) in [5.41, 5.74) is 2.03. The third kappa shape index (κ3) is 3.83. The lowest BCUT2D eigenvalue weighted by molar-refractivity contribution is -0.118. The molecule has 1 amide bonds. The van der Waals surface area contributed by atoms with Gasteiger partial charge in [0.25, 0.3) is 5.22 Å². The summed E-state index contributed by atoms with van der Waals surface area (Å²) in [4.78, 5) is 16.3. The summed E-state index contributed by atoms with van der Waals surface area (Å²) in [7, 11) is 0. The lowest BCUT2D eigenvalue weighted by Crippen LogP contribution is -2.25. The number of nitrogens with one attached hydrogen (secondary N) is 1. The van der Waals surface area contributed by atoms with Crippen molar-refractivity contribution in [2.24, 2.45) is 0 Å². The molecule has 0 fully saturated rings. The van der Waals surface area contributed by atoms with Crippen molar-refractivity contribution in [2.45, 2.75) is 25.6 Å². The predicted octanol–water partition coefficient (Wildman–Crippen LogP) is 2.28. The van der Waals surface area contributed by atoms with E-state index >= 15 is 0 Å². The van der Waals surface area contributed by atoms with Crippen LogP contribution in [0.3, 0.4) is 0 Å². The second-order valence-electron chi connectivity index (χ2n) is 5.13. The number of aryl methyl sites for hydroxylation is 2. The van der Waals surface area contributed by atoms with Crippen molar-refractivity contribution < 1.29 is 9.21 Å². The number of imidazole rings is 1. The molecule has 0 aliphatic heterocycles. The SMILES string of the molecule is Cc1nnc(SCC(=O)NCc2ccccc2-n2ccnc2C)o1. The molecule has 0 saturated carbocycles. The molecule has 2 heterocycles. The summed E-state index contributed by atoms with van der Waals surface area (Å²) < 4.78 is 7.23. The molecule has 0 atom stereocenters. The number of hydrogen-bond acceptors (Lipinski definition) is 6. The summed E-state index contributed by atoms with van der Waals surface area (Å²) in [6.07, 6.45) is 3.66. The summed E-state index contributed by atoms with van der Waals surface area (Å²) >= 11 is 1.22. The van der Waals surface area contributed by atoms with E-state index in [0.717, 1.165) is 17.1 Å². The van der Waals surface area contributed by atoms with E-state index in [-0.39, 0.29) is 11.7 Å². The van der Waals surface area contributed by atoms with Crippen LogP contribution in [0.5, 0.6) is 0 Å². The van der Waals surface area contributed by atoms with Gasteiger partial charge in [0.15, 0.2) is 0 Å². The molecule has 24 heavy (non-hydrogen) atoms. The van der Waals surface area contributed by atoms with Crippen molar-refractivity contribution >= 4 is 17.7 Å². The fourth-order valence-corrected chi connectivity index (χ4v) is 2.87. The van der Waals surface area contributed by atoms with Gasteiger partial charge in [-0.15, -0.1) is 10.2 Å². The number of para-hydroxylation sites is 1. The Morgan fingerprint density at radius 3 is 2.83 bits per heavy atom. The molecule has 0 bridgehead atoms. The van der Waals surface area contributed by atoms with Crippen molar-refractivity contribution in [1.82, 2.24) is 25.1 Å². The van der Waals surface area contributed by atoms with Gasteiger partial charge in [-0.05, 0) is 18.6 Å². The standard InChI is InChI=1S/C16H17N5O2S/c1-11-17-7-8-21(11)14-6-4-3-5-13(14)9-18-15(22)10-24-16-20-19-12(2)23-16/h3-8H,9-10H2,1-2H3,(H,18,22). The third-order valence-corrected chi connectivity index (χ3v) is 4.21. The van der Waals surface area contributed by atoms with Crippen LogP contribution in [0.25, 0.3) is 5.69 Å². The van der Waals surface area contributed by atoms with Crippen molar-refractivity contribution in [2.75, 3.05) is 5.75 Å². The van der Waals surface area contributed by atoms with E-state index in [2.05, 4.69) is 20.5 Å². The summed E-state index contributed by atoms with van der Waals surface area (Å²) in [6.45, 7) is 4.10. The van der Waals surface area contributed by atoms with Crippen LogP contribution in [0.4, 0.5) is 0 Å². The lowest BCUT2D eigenvalue weighted by atomic mass is 10.1. The third-order valence-electron chi connectivity index (χ3n) is 3.39. The number of nitrogens with zero attached hydrogens (tertiary/aromatic N) is 4. The number of benzene rings is 1. The fourth-order valence-electron chi connectivity index (χ4n) is 2.24. The number of thioether (sulfide) groups is 1. The minimum atomic E-state index is -0.0898. The Hall–Kier alpha value is -2.61. The van der Waals surface area contributed by atoms with Gasteiger partial charge in [0.05, 0.1) is 11.4 Å². The molecule has 0 aliphatic carbocycles. The molecule has 3 aromatic rings. The highest BCUT2D eigenvalue weighted by molar-refractivity contribution is 7.99. The van der Waals surface area contributed by atoms with Crippen LogP contribution in [0.2, 0.25) is 0 Å². The minimum absolute atomic E-state index is 0.0898. The molecule has 0 aliphatic rings. The molecule has 0 saturated heterocycles. The van der Waals surface area contributed by atoms with E-state index in [9.17, 15) is 4.79 Å². The molecule has 124 valence electrons. The quantitative estimate of drug-likeness (QED) is 0.691. The van der Waals surface area contributed by atoms with E-state index < -0.39 is 0 Å². The maximum atomic E-state index is 12.0. The maximum Gasteiger partial charge on any atom is 0.277 e. The summed E-state index contributed by atoms with van der Waals surface area (Å²) in [5, 5.41) is 10.9. The summed E-state index contributed by atoms with van der Waals surface area (Å²) in [5.74, 6) is 1.53. The first-order valence-electron chi connectivity index (χ1n) is 7.41. The second kappa shape index (κ2) is 7.31. The first-order chi connectivity index (χ1) is 11.6. The topological polar surface area (TPSA) is 85.8 Å². The highest BCUT2D eigenvalue weighted by atomic mass is 32.2. The molecule has 0 radical (unpaired) electrons. The zero-order chi connectivity index (χ0) is 16.9. The maximum absolute atomic E-state index is 12.0. The highest BCUT2D eigenvalue weighted by Crippen LogP contribution is 2.17. The molecule has 0 unspecified atom stereocenters. The number of amides is 1. The van der Waals surface area contributed by atoms with Crippen LogP contribution in [0.15, 0.2) is 46.3 Å². The molecular weight excluding hydrogens is 326 g/mol. The van der Waals surface area contributed by atoms with Gasteiger partial charge in [-0.25, -0.2) is 4.98 Å². The molecular formula is C16H17N5O2S. The number of hydrogen-bond donors (Lipinski definition) is 1. The van der Waals surface area contributed by atoms with Gasteiger partial charge < -0.3 is 14.3 Å². The number of carbonyl (C=O) groups is 1. The van der Waals surface area contributed by atoms with Crippen molar-refractivity contribution in [3.8, 4) is 5.69 Å². The molecule has 1 aromatic carbocycles. The van der Waals surface area contributed by atoms with E-state index in [1.165, 1.54) is 11.8 Å². The Morgan fingerprint density at radius 2 is 2.12 bits per heavy atom. The van der Waals surface area contributed by atoms with Gasteiger partial charge in [-0.3, -0.25) is 4.79 Å². The van der Waals surface area contributed by atoms with Gasteiger partial charge in [-0.1, -0.05) is 30.0 Å². The zero-order valence-corrected chi connectivity index (χ0v) is 14.2. The van der Waals surface area contributed by atoms with Gasteiger partial charge in [-0.2, -0.15) is 0 Å². The van der Waals surface area contributed by atoms with Crippen LogP contribution in [0, 0.1) is 13.8 Å². The number of carbonyl (C=O) groups excluding carboxylic acids is 1.